The predicted molar refractivity (Wildman–Crippen MR) is 132 cm³/mol. The molecular formula is C22H12F10N8O4S. The molecule has 0 amide bonds. The molecule has 0 saturated heterocycles. The van der Waals surface area contributed by atoms with Crippen molar-refractivity contribution < 1.29 is 53.8 Å². The van der Waals surface area contributed by atoms with Crippen LogP contribution in [-0.4, -0.2) is 34.9 Å². The van der Waals surface area contributed by atoms with Crippen molar-refractivity contribution in [3.63, 3.8) is 0 Å². The SMILES string of the molecule is O=[N+]([O-])C1(c2ccc(C(F)F)c(C(SC(c3cc(C4([N+](=O)[O-])N=CN=N4)ccc3C(F)F)C(F)(F)F)C(F)(F)F)c2)N=CN=N1. The molecule has 0 saturated carbocycles. The summed E-state index contributed by atoms with van der Waals surface area (Å²) in [7, 11) is 0. The van der Waals surface area contributed by atoms with E-state index in [1.165, 1.54) is 0 Å². The van der Waals surface area contributed by atoms with Crippen molar-refractivity contribution in [3.05, 3.63) is 90.0 Å². The number of halogens is 10. The van der Waals surface area contributed by atoms with Crippen LogP contribution in [0.2, 0.25) is 0 Å². The van der Waals surface area contributed by atoms with Crippen LogP contribution in [0, 0.1) is 20.2 Å². The van der Waals surface area contributed by atoms with E-state index in [4.69, 9.17) is 0 Å². The number of rotatable bonds is 10. The highest BCUT2D eigenvalue weighted by Crippen LogP contribution is 2.57. The van der Waals surface area contributed by atoms with Gasteiger partial charge in [-0.2, -0.15) is 36.3 Å². The van der Waals surface area contributed by atoms with Crippen molar-refractivity contribution in [3.8, 4) is 0 Å². The third-order valence-corrected chi connectivity index (χ3v) is 7.92. The average Bonchev–Trinajstić information content (AvgIpc) is 3.63. The Kier molecular flexibility index (Phi) is 8.69. The largest absolute Gasteiger partial charge is 0.457 e. The second-order valence-corrected chi connectivity index (χ2v) is 10.2. The zero-order valence-corrected chi connectivity index (χ0v) is 22.1. The number of azo groups is 2. The molecule has 0 aromatic heterocycles. The number of hydrogen-bond acceptors (Lipinski definition) is 11. The van der Waals surface area contributed by atoms with Crippen molar-refractivity contribution in [2.75, 3.05) is 0 Å². The molecule has 4 rings (SSSR count). The molecule has 2 aromatic rings. The third kappa shape index (κ3) is 6.07. The number of aliphatic imine (C=N–C) groups is 2. The summed E-state index contributed by atoms with van der Waals surface area (Å²) in [6, 6.07) is 2.01. The van der Waals surface area contributed by atoms with Crippen molar-refractivity contribution >= 4 is 24.4 Å². The van der Waals surface area contributed by atoms with E-state index in [0.29, 0.717) is 36.9 Å². The summed E-state index contributed by atoms with van der Waals surface area (Å²) < 4.78 is 143. The van der Waals surface area contributed by atoms with E-state index < -0.39 is 102 Å². The van der Waals surface area contributed by atoms with Gasteiger partial charge in [0.25, 0.3) is 12.9 Å². The van der Waals surface area contributed by atoms with Crippen molar-refractivity contribution in [2.24, 2.45) is 30.4 Å². The van der Waals surface area contributed by atoms with E-state index in [1.54, 1.807) is 0 Å². The van der Waals surface area contributed by atoms with Gasteiger partial charge in [0.05, 0.1) is 21.0 Å². The summed E-state index contributed by atoms with van der Waals surface area (Å²) >= 11 is -1.15. The Labute approximate surface area is 246 Å². The first-order valence-corrected chi connectivity index (χ1v) is 12.6. The van der Waals surface area contributed by atoms with Crippen LogP contribution in [0.25, 0.3) is 0 Å². The van der Waals surface area contributed by atoms with Crippen molar-refractivity contribution in [1.29, 1.82) is 0 Å². The van der Waals surface area contributed by atoms with Crippen LogP contribution in [0.1, 0.15) is 56.7 Å². The summed E-state index contributed by atoms with van der Waals surface area (Å²) in [5.41, 5.74) is -7.98. The van der Waals surface area contributed by atoms with Gasteiger partial charge in [-0.15, -0.1) is 22.0 Å². The predicted octanol–water partition coefficient (Wildman–Crippen LogP) is 7.96. The quantitative estimate of drug-likeness (QED) is 0.142. The molecule has 4 atom stereocenters. The second-order valence-electron chi connectivity index (χ2n) is 8.97. The van der Waals surface area contributed by atoms with Gasteiger partial charge in [0.15, 0.2) is 0 Å². The van der Waals surface area contributed by atoms with E-state index in [0.717, 1.165) is 0 Å². The molecule has 2 aliphatic rings. The molecular weight excluding hydrogens is 662 g/mol. The maximum atomic E-state index is 14.5. The Bertz CT molecular complexity index is 1490. The maximum Gasteiger partial charge on any atom is 0.457 e. The van der Waals surface area contributed by atoms with E-state index in [-0.39, 0.29) is 12.1 Å². The van der Waals surface area contributed by atoms with Gasteiger partial charge in [0.2, 0.25) is 0 Å². The molecule has 23 heteroatoms. The van der Waals surface area contributed by atoms with E-state index in [9.17, 15) is 64.1 Å². The number of nitrogens with zero attached hydrogens (tertiary/aromatic N) is 8. The number of hydrogen-bond donors (Lipinski definition) is 0. The Hall–Kier alpha value is -4.57. The van der Waals surface area contributed by atoms with Crippen molar-refractivity contribution in [1.82, 2.24) is 0 Å². The minimum Gasteiger partial charge on any atom is -0.260 e. The summed E-state index contributed by atoms with van der Waals surface area (Å²) in [6.07, 6.45) is -18.1. The molecule has 2 aromatic carbocycles. The van der Waals surface area contributed by atoms with E-state index >= 15 is 0 Å². The van der Waals surface area contributed by atoms with Crippen LogP contribution < -0.4 is 0 Å². The fourth-order valence-corrected chi connectivity index (χ4v) is 5.61. The lowest BCUT2D eigenvalue weighted by molar-refractivity contribution is -0.575. The van der Waals surface area contributed by atoms with Gasteiger partial charge >= 0.3 is 23.9 Å². The molecule has 0 spiro atoms. The van der Waals surface area contributed by atoms with Crippen LogP contribution in [0.3, 0.4) is 0 Å². The Morgan fingerprint density at radius 2 is 1.00 bits per heavy atom. The Morgan fingerprint density at radius 1 is 0.644 bits per heavy atom. The van der Waals surface area contributed by atoms with Crippen LogP contribution in [0.4, 0.5) is 43.9 Å². The summed E-state index contributed by atoms with van der Waals surface area (Å²) in [6.45, 7) is 0. The summed E-state index contributed by atoms with van der Waals surface area (Å²) in [5, 5.41) is 28.9. The molecule has 4 unspecified atom stereocenters. The summed E-state index contributed by atoms with van der Waals surface area (Å²) in [4.78, 5) is 27.6. The molecule has 45 heavy (non-hydrogen) atoms. The maximum absolute atomic E-state index is 14.5. The van der Waals surface area contributed by atoms with Crippen LogP contribution in [0.5, 0.6) is 0 Å². The van der Waals surface area contributed by atoms with Crippen molar-refractivity contribution in [2.45, 2.75) is 47.3 Å². The lowest BCUT2D eigenvalue weighted by Crippen LogP contribution is -2.31. The zero-order valence-electron chi connectivity index (χ0n) is 21.3. The first-order valence-electron chi connectivity index (χ1n) is 11.7. The molecule has 240 valence electrons. The molecule has 12 nitrogen and oxygen atoms in total. The highest BCUT2D eigenvalue weighted by atomic mass is 32.2. The number of thioether (sulfide) groups is 1. The topological polar surface area (TPSA) is 160 Å². The fourth-order valence-electron chi connectivity index (χ4n) is 4.33. The first kappa shape index (κ1) is 33.3. The number of benzene rings is 2. The lowest BCUT2D eigenvalue weighted by Gasteiger charge is -2.30. The van der Waals surface area contributed by atoms with Gasteiger partial charge in [-0.25, -0.2) is 17.6 Å². The van der Waals surface area contributed by atoms with Crippen LogP contribution in [-0.2, 0) is 11.6 Å². The first-order chi connectivity index (χ1) is 20.8. The van der Waals surface area contributed by atoms with Gasteiger partial charge in [-0.3, -0.25) is 20.2 Å². The monoisotopic (exact) mass is 674 g/mol. The third-order valence-electron chi connectivity index (χ3n) is 6.33. The van der Waals surface area contributed by atoms with Crippen LogP contribution >= 0.6 is 11.8 Å². The highest BCUT2D eigenvalue weighted by molar-refractivity contribution is 7.99. The normalized spacial score (nSPS) is 22.5. The zero-order chi connectivity index (χ0) is 33.5. The molecule has 0 radical (unpaired) electrons. The van der Waals surface area contributed by atoms with E-state index in [2.05, 4.69) is 30.4 Å². The molecule has 2 heterocycles. The van der Waals surface area contributed by atoms with Gasteiger partial charge in [0.1, 0.15) is 23.2 Å². The van der Waals surface area contributed by atoms with Gasteiger partial charge < -0.3 is 0 Å². The van der Waals surface area contributed by atoms with Crippen LogP contribution in [0.15, 0.2) is 66.8 Å². The Balaban J connectivity index is 1.96. The van der Waals surface area contributed by atoms with Gasteiger partial charge in [-0.1, -0.05) is 22.4 Å². The number of nitro groups is 2. The number of alkyl halides is 10. The molecule has 0 bridgehead atoms. The minimum atomic E-state index is -5.83. The standard InChI is InChI=1S/C22H12F10N8O4S/c23-17(24)11-3-1-9(21(39(41)42)33-7-35-37-21)5-13(11)15(19(27,28)29)45-16(20(30,31)32)14-6-10(2-4-12(14)18(25)26)22(40(43)44)34-8-36-38-22/h1-8,15-18H. The van der Waals surface area contributed by atoms with Gasteiger partial charge in [-0.05, 0) is 35.4 Å². The Morgan fingerprint density at radius 3 is 1.24 bits per heavy atom. The fraction of sp³-hybridized carbons (Fsp3) is 0.364. The molecule has 0 aliphatic carbocycles. The van der Waals surface area contributed by atoms with Gasteiger partial charge in [0, 0.05) is 11.1 Å². The average molecular weight is 674 g/mol. The second kappa shape index (κ2) is 11.7. The molecule has 0 fully saturated rings. The minimum absolute atomic E-state index is 0.157. The lowest BCUT2D eigenvalue weighted by atomic mass is 9.97. The molecule has 2 aliphatic heterocycles. The van der Waals surface area contributed by atoms with E-state index in [1.807, 2.05) is 0 Å². The summed E-state index contributed by atoms with van der Waals surface area (Å²) in [5.74, 6) is -5.91. The highest BCUT2D eigenvalue weighted by Gasteiger charge is 2.54. The molecule has 0 N–H and O–H groups in total. The smallest absolute Gasteiger partial charge is 0.260 e.